The lowest BCUT2D eigenvalue weighted by Crippen LogP contribution is -2.15. The highest BCUT2D eigenvalue weighted by Gasteiger charge is 1.96. The van der Waals surface area contributed by atoms with E-state index < -0.39 is 0 Å². The fraction of sp³-hybridized carbons (Fsp3) is 0.375. The molecule has 0 bridgehead atoms. The van der Waals surface area contributed by atoms with E-state index in [1.165, 1.54) is 22.8 Å². The average Bonchev–Trinajstić information content (AvgIpc) is 2.42. The zero-order valence-electron chi connectivity index (χ0n) is 11.0. The molecule has 0 aliphatic carbocycles. The van der Waals surface area contributed by atoms with Crippen LogP contribution in [0.15, 0.2) is 42.5 Å². The van der Waals surface area contributed by atoms with E-state index in [1.54, 1.807) is 7.11 Å². The summed E-state index contributed by atoms with van der Waals surface area (Å²) in [5.74, 6) is 0. The standard InChI is InChI=1S/C16H21NO/c1-18-11-5-4-10-17-13-14-8-9-15-6-2-3-7-16(15)12-14/h2-3,6-9,12,17H,4-5,10-11,13H2,1H3. The number of benzene rings is 2. The van der Waals surface area contributed by atoms with E-state index in [0.717, 1.165) is 26.1 Å². The van der Waals surface area contributed by atoms with E-state index in [0.29, 0.717) is 0 Å². The van der Waals surface area contributed by atoms with Crippen molar-refractivity contribution >= 4 is 10.8 Å². The molecule has 0 unspecified atom stereocenters. The number of nitrogens with one attached hydrogen (secondary N) is 1. The van der Waals surface area contributed by atoms with Crippen LogP contribution < -0.4 is 5.32 Å². The van der Waals surface area contributed by atoms with Crippen molar-refractivity contribution in [2.24, 2.45) is 0 Å². The molecular formula is C16H21NO. The Bertz CT molecular complexity index is 481. The second-order valence-electron chi connectivity index (χ2n) is 4.56. The van der Waals surface area contributed by atoms with Crippen LogP contribution in [0.4, 0.5) is 0 Å². The Hall–Kier alpha value is -1.38. The van der Waals surface area contributed by atoms with Gasteiger partial charge in [-0.3, -0.25) is 0 Å². The van der Waals surface area contributed by atoms with Gasteiger partial charge in [-0.15, -0.1) is 0 Å². The summed E-state index contributed by atoms with van der Waals surface area (Å²) in [7, 11) is 1.75. The van der Waals surface area contributed by atoms with Crippen molar-refractivity contribution < 1.29 is 4.74 Å². The molecule has 0 aliphatic rings. The lowest BCUT2D eigenvalue weighted by atomic mass is 10.1. The summed E-state index contributed by atoms with van der Waals surface area (Å²) in [4.78, 5) is 0. The van der Waals surface area contributed by atoms with Crippen molar-refractivity contribution in [3.05, 3.63) is 48.0 Å². The van der Waals surface area contributed by atoms with Gasteiger partial charge in [-0.1, -0.05) is 36.4 Å². The lowest BCUT2D eigenvalue weighted by Gasteiger charge is -2.06. The SMILES string of the molecule is COCCCCNCc1ccc2ccccc2c1. The molecular weight excluding hydrogens is 222 g/mol. The Morgan fingerprint density at radius 1 is 1.00 bits per heavy atom. The Balaban J connectivity index is 1.81. The van der Waals surface area contributed by atoms with Gasteiger partial charge in [0.2, 0.25) is 0 Å². The molecule has 0 radical (unpaired) electrons. The van der Waals surface area contributed by atoms with Gasteiger partial charge < -0.3 is 10.1 Å². The first kappa shape index (κ1) is 13.1. The van der Waals surface area contributed by atoms with Gasteiger partial charge in [0, 0.05) is 20.3 Å². The van der Waals surface area contributed by atoms with Crippen LogP contribution >= 0.6 is 0 Å². The van der Waals surface area contributed by atoms with Gasteiger partial charge in [0.05, 0.1) is 0 Å². The first-order valence-corrected chi connectivity index (χ1v) is 6.57. The minimum Gasteiger partial charge on any atom is -0.385 e. The summed E-state index contributed by atoms with van der Waals surface area (Å²) < 4.78 is 5.03. The molecule has 0 amide bonds. The summed E-state index contributed by atoms with van der Waals surface area (Å²) in [5, 5.41) is 6.09. The van der Waals surface area contributed by atoms with Crippen LogP contribution in [0, 0.1) is 0 Å². The van der Waals surface area contributed by atoms with Crippen LogP contribution in [0.25, 0.3) is 10.8 Å². The Morgan fingerprint density at radius 3 is 2.67 bits per heavy atom. The lowest BCUT2D eigenvalue weighted by molar-refractivity contribution is 0.192. The van der Waals surface area contributed by atoms with Gasteiger partial charge in [0.15, 0.2) is 0 Å². The third-order valence-corrected chi connectivity index (χ3v) is 3.10. The third kappa shape index (κ3) is 3.83. The predicted octanol–water partition coefficient (Wildman–Crippen LogP) is 3.36. The molecule has 0 saturated carbocycles. The van der Waals surface area contributed by atoms with Crippen molar-refractivity contribution in [2.75, 3.05) is 20.3 Å². The normalized spacial score (nSPS) is 10.9. The third-order valence-electron chi connectivity index (χ3n) is 3.10. The van der Waals surface area contributed by atoms with Crippen LogP contribution in [-0.4, -0.2) is 20.3 Å². The summed E-state index contributed by atoms with van der Waals surface area (Å²) in [6.07, 6.45) is 2.29. The van der Waals surface area contributed by atoms with Crippen LogP contribution in [-0.2, 0) is 11.3 Å². The topological polar surface area (TPSA) is 21.3 Å². The van der Waals surface area contributed by atoms with Gasteiger partial charge in [0.25, 0.3) is 0 Å². The Morgan fingerprint density at radius 2 is 1.83 bits per heavy atom. The van der Waals surface area contributed by atoms with Gasteiger partial charge >= 0.3 is 0 Å². The van der Waals surface area contributed by atoms with E-state index in [-0.39, 0.29) is 0 Å². The van der Waals surface area contributed by atoms with Crippen molar-refractivity contribution in [1.82, 2.24) is 5.32 Å². The maximum atomic E-state index is 5.03. The van der Waals surface area contributed by atoms with Crippen LogP contribution in [0.5, 0.6) is 0 Å². The van der Waals surface area contributed by atoms with E-state index in [2.05, 4.69) is 47.8 Å². The second-order valence-corrected chi connectivity index (χ2v) is 4.56. The van der Waals surface area contributed by atoms with Crippen molar-refractivity contribution in [3.8, 4) is 0 Å². The molecule has 0 saturated heterocycles. The van der Waals surface area contributed by atoms with E-state index in [9.17, 15) is 0 Å². The van der Waals surface area contributed by atoms with Crippen LogP contribution in [0.1, 0.15) is 18.4 Å². The van der Waals surface area contributed by atoms with Crippen LogP contribution in [0.2, 0.25) is 0 Å². The fourth-order valence-electron chi connectivity index (χ4n) is 2.08. The molecule has 0 atom stereocenters. The Labute approximate surface area is 109 Å². The first-order chi connectivity index (χ1) is 8.90. The molecule has 2 aromatic rings. The van der Waals surface area contributed by atoms with Gasteiger partial charge in [-0.2, -0.15) is 0 Å². The van der Waals surface area contributed by atoms with Crippen molar-refractivity contribution in [1.29, 1.82) is 0 Å². The number of fused-ring (bicyclic) bond motifs is 1. The number of methoxy groups -OCH3 is 1. The van der Waals surface area contributed by atoms with E-state index in [4.69, 9.17) is 4.74 Å². The van der Waals surface area contributed by atoms with Crippen molar-refractivity contribution in [2.45, 2.75) is 19.4 Å². The predicted molar refractivity (Wildman–Crippen MR) is 76.8 cm³/mol. The molecule has 0 spiro atoms. The maximum absolute atomic E-state index is 5.03. The molecule has 0 fully saturated rings. The first-order valence-electron chi connectivity index (χ1n) is 6.57. The highest BCUT2D eigenvalue weighted by molar-refractivity contribution is 5.82. The minimum absolute atomic E-state index is 0.859. The van der Waals surface area contributed by atoms with E-state index in [1.807, 2.05) is 0 Å². The maximum Gasteiger partial charge on any atom is 0.0462 e. The zero-order valence-corrected chi connectivity index (χ0v) is 11.0. The molecule has 0 aromatic heterocycles. The number of hydrogen-bond donors (Lipinski definition) is 1. The minimum atomic E-state index is 0.859. The largest absolute Gasteiger partial charge is 0.385 e. The van der Waals surface area contributed by atoms with Gasteiger partial charge in [-0.05, 0) is 41.8 Å². The molecule has 2 heteroatoms. The number of unbranched alkanes of at least 4 members (excludes halogenated alkanes) is 1. The zero-order chi connectivity index (χ0) is 12.6. The quantitative estimate of drug-likeness (QED) is 0.753. The number of ether oxygens (including phenoxy) is 1. The number of hydrogen-bond acceptors (Lipinski definition) is 2. The molecule has 0 heterocycles. The fourth-order valence-corrected chi connectivity index (χ4v) is 2.08. The molecule has 2 aromatic carbocycles. The molecule has 18 heavy (non-hydrogen) atoms. The van der Waals surface area contributed by atoms with Crippen molar-refractivity contribution in [3.63, 3.8) is 0 Å². The highest BCUT2D eigenvalue weighted by atomic mass is 16.5. The summed E-state index contributed by atoms with van der Waals surface area (Å²) >= 11 is 0. The Kier molecular flexibility index (Phi) is 5.18. The van der Waals surface area contributed by atoms with Gasteiger partial charge in [-0.25, -0.2) is 0 Å². The summed E-state index contributed by atoms with van der Waals surface area (Å²) in [6.45, 7) is 2.85. The molecule has 0 aliphatic heterocycles. The van der Waals surface area contributed by atoms with E-state index >= 15 is 0 Å². The molecule has 1 N–H and O–H groups in total. The monoisotopic (exact) mass is 243 g/mol. The molecule has 2 rings (SSSR count). The van der Waals surface area contributed by atoms with Gasteiger partial charge in [0.1, 0.15) is 0 Å². The number of rotatable bonds is 7. The second kappa shape index (κ2) is 7.14. The summed E-state index contributed by atoms with van der Waals surface area (Å²) in [5.41, 5.74) is 1.35. The van der Waals surface area contributed by atoms with Crippen LogP contribution in [0.3, 0.4) is 0 Å². The molecule has 2 nitrogen and oxygen atoms in total. The highest BCUT2D eigenvalue weighted by Crippen LogP contribution is 2.15. The average molecular weight is 243 g/mol. The molecule has 96 valence electrons. The smallest absolute Gasteiger partial charge is 0.0462 e. The summed E-state index contributed by atoms with van der Waals surface area (Å²) in [6, 6.07) is 15.1.